The van der Waals surface area contributed by atoms with Gasteiger partial charge in [0.05, 0.1) is 23.4 Å². The van der Waals surface area contributed by atoms with Gasteiger partial charge in [-0.1, -0.05) is 11.6 Å². The van der Waals surface area contributed by atoms with Crippen LogP contribution in [0.25, 0.3) is 0 Å². The summed E-state index contributed by atoms with van der Waals surface area (Å²) in [5.41, 5.74) is 7.47. The average molecular weight is 361 g/mol. The van der Waals surface area contributed by atoms with Crippen molar-refractivity contribution in [2.45, 2.75) is 19.4 Å². The van der Waals surface area contributed by atoms with Gasteiger partial charge in [0.15, 0.2) is 0 Å². The predicted molar refractivity (Wildman–Crippen MR) is 99.3 cm³/mol. The summed E-state index contributed by atoms with van der Waals surface area (Å²) in [6.45, 7) is 2.46. The summed E-state index contributed by atoms with van der Waals surface area (Å²) in [6, 6.07) is 6.98. The molecule has 2 heterocycles. The number of nitrogens with two attached hydrogens (primary N) is 1. The molecule has 1 aromatic carbocycles. The summed E-state index contributed by atoms with van der Waals surface area (Å²) < 4.78 is 5.22. The number of methoxy groups -OCH3 is 1. The minimum atomic E-state index is -0.265. The molecule has 2 aromatic rings. The van der Waals surface area contributed by atoms with E-state index in [9.17, 15) is 4.79 Å². The van der Waals surface area contributed by atoms with Crippen molar-refractivity contribution in [2.24, 2.45) is 0 Å². The molecule has 0 unspecified atom stereocenters. The number of rotatable bonds is 5. The van der Waals surface area contributed by atoms with E-state index in [4.69, 9.17) is 22.1 Å². The minimum Gasteiger partial charge on any atom is -0.496 e. The fourth-order valence-electron chi connectivity index (χ4n) is 2.88. The summed E-state index contributed by atoms with van der Waals surface area (Å²) in [5.74, 6) is 1.09. The van der Waals surface area contributed by atoms with Crippen LogP contribution in [0.15, 0.2) is 30.5 Å². The van der Waals surface area contributed by atoms with E-state index in [1.54, 1.807) is 12.3 Å². The molecule has 1 aliphatic heterocycles. The Bertz CT molecular complexity index is 776. The SMILES string of the molecule is COc1cc(N)c(Cl)cc1C(=O)NCc1ccnc(N2CCCC2)c1. The van der Waals surface area contributed by atoms with Gasteiger partial charge in [-0.3, -0.25) is 4.79 Å². The molecule has 1 fully saturated rings. The fraction of sp³-hybridized carbons (Fsp3) is 0.333. The molecule has 1 aliphatic rings. The molecule has 3 rings (SSSR count). The van der Waals surface area contributed by atoms with E-state index in [0.29, 0.717) is 28.6 Å². The molecule has 1 saturated heterocycles. The van der Waals surface area contributed by atoms with Crippen LogP contribution in [0.5, 0.6) is 5.75 Å². The summed E-state index contributed by atoms with van der Waals surface area (Å²) >= 11 is 6.02. The number of nitrogens with zero attached hydrogens (tertiary/aromatic N) is 2. The first-order valence-corrected chi connectivity index (χ1v) is 8.57. The smallest absolute Gasteiger partial charge is 0.255 e. The third kappa shape index (κ3) is 3.96. The first-order chi connectivity index (χ1) is 12.1. The Hall–Kier alpha value is -2.47. The molecule has 6 nitrogen and oxygen atoms in total. The van der Waals surface area contributed by atoms with Crippen LogP contribution in [0.4, 0.5) is 11.5 Å². The third-order valence-electron chi connectivity index (χ3n) is 4.26. The van der Waals surface area contributed by atoms with Crippen molar-refractivity contribution in [1.82, 2.24) is 10.3 Å². The van der Waals surface area contributed by atoms with Gasteiger partial charge in [-0.25, -0.2) is 4.98 Å². The van der Waals surface area contributed by atoms with Crippen LogP contribution >= 0.6 is 11.6 Å². The van der Waals surface area contributed by atoms with Crippen LogP contribution in [-0.4, -0.2) is 31.1 Å². The third-order valence-corrected chi connectivity index (χ3v) is 4.58. The minimum absolute atomic E-state index is 0.265. The topological polar surface area (TPSA) is 80.5 Å². The largest absolute Gasteiger partial charge is 0.496 e. The van der Waals surface area contributed by atoms with Crippen molar-refractivity contribution in [1.29, 1.82) is 0 Å². The van der Waals surface area contributed by atoms with Crippen LogP contribution in [0.1, 0.15) is 28.8 Å². The van der Waals surface area contributed by atoms with E-state index >= 15 is 0 Å². The monoisotopic (exact) mass is 360 g/mol. The highest BCUT2D eigenvalue weighted by Gasteiger charge is 2.16. The molecule has 1 aromatic heterocycles. The number of aromatic nitrogens is 1. The molecule has 0 radical (unpaired) electrons. The van der Waals surface area contributed by atoms with Gasteiger partial charge in [0.25, 0.3) is 5.91 Å². The molecule has 0 aliphatic carbocycles. The molecule has 0 saturated carbocycles. The Morgan fingerprint density at radius 3 is 2.84 bits per heavy atom. The second kappa shape index (κ2) is 7.61. The lowest BCUT2D eigenvalue weighted by Gasteiger charge is -2.17. The zero-order valence-electron chi connectivity index (χ0n) is 14.1. The lowest BCUT2D eigenvalue weighted by Crippen LogP contribution is -2.24. The Morgan fingerprint density at radius 1 is 1.36 bits per heavy atom. The summed E-state index contributed by atoms with van der Waals surface area (Å²) in [7, 11) is 1.49. The summed E-state index contributed by atoms with van der Waals surface area (Å²) in [6.07, 6.45) is 4.16. The molecule has 0 bridgehead atoms. The van der Waals surface area contributed by atoms with E-state index in [2.05, 4.69) is 15.2 Å². The first-order valence-electron chi connectivity index (χ1n) is 8.19. The second-order valence-corrected chi connectivity index (χ2v) is 6.38. The van der Waals surface area contributed by atoms with Gasteiger partial charge in [-0.15, -0.1) is 0 Å². The molecule has 0 atom stereocenters. The Morgan fingerprint density at radius 2 is 2.12 bits per heavy atom. The number of carbonyl (C=O) groups is 1. The van der Waals surface area contributed by atoms with Crippen molar-refractivity contribution in [3.63, 3.8) is 0 Å². The number of carbonyl (C=O) groups excluding carboxylic acids is 1. The van der Waals surface area contributed by atoms with Crippen LogP contribution in [0, 0.1) is 0 Å². The number of pyridine rings is 1. The van der Waals surface area contributed by atoms with Crippen molar-refractivity contribution in [2.75, 3.05) is 30.8 Å². The summed E-state index contributed by atoms with van der Waals surface area (Å²) in [4.78, 5) is 19.2. The maximum absolute atomic E-state index is 12.5. The lowest BCUT2D eigenvalue weighted by atomic mass is 10.1. The van der Waals surface area contributed by atoms with Crippen LogP contribution in [-0.2, 0) is 6.54 Å². The molecule has 7 heteroatoms. The standard InChI is InChI=1S/C18H21ClN4O2/c1-25-16-10-15(20)14(19)9-13(16)18(24)22-11-12-4-5-21-17(8-12)23-6-2-3-7-23/h4-5,8-10H,2-3,6-7,11,20H2,1H3,(H,22,24). The number of hydrogen-bond donors (Lipinski definition) is 2. The zero-order chi connectivity index (χ0) is 17.8. The molecule has 1 amide bonds. The van der Waals surface area contributed by atoms with Gasteiger partial charge >= 0.3 is 0 Å². The van der Waals surface area contributed by atoms with Gasteiger partial charge in [0.2, 0.25) is 0 Å². The van der Waals surface area contributed by atoms with Gasteiger partial charge in [0, 0.05) is 31.9 Å². The molecular weight excluding hydrogens is 340 g/mol. The van der Waals surface area contributed by atoms with E-state index in [1.807, 2.05) is 12.1 Å². The van der Waals surface area contributed by atoms with Crippen LogP contribution in [0.2, 0.25) is 5.02 Å². The number of nitrogen functional groups attached to an aromatic ring is 1. The number of nitrogens with one attached hydrogen (secondary N) is 1. The Balaban J connectivity index is 1.70. The molecular formula is C18H21ClN4O2. The van der Waals surface area contributed by atoms with Gasteiger partial charge in [-0.2, -0.15) is 0 Å². The molecule has 0 spiro atoms. The number of amides is 1. The normalized spacial score (nSPS) is 13.8. The summed E-state index contributed by atoms with van der Waals surface area (Å²) in [5, 5.41) is 3.21. The van der Waals surface area contributed by atoms with E-state index in [0.717, 1.165) is 24.5 Å². The predicted octanol–water partition coefficient (Wildman–Crippen LogP) is 2.86. The van der Waals surface area contributed by atoms with Gasteiger partial charge < -0.3 is 20.7 Å². The van der Waals surface area contributed by atoms with Gasteiger partial charge in [-0.05, 0) is 36.6 Å². The zero-order valence-corrected chi connectivity index (χ0v) is 14.8. The van der Waals surface area contributed by atoms with E-state index in [1.165, 1.54) is 26.0 Å². The van der Waals surface area contributed by atoms with Crippen molar-refractivity contribution in [3.8, 4) is 5.75 Å². The number of hydrogen-bond acceptors (Lipinski definition) is 5. The molecule has 132 valence electrons. The average Bonchev–Trinajstić information content (AvgIpc) is 3.16. The number of anilines is 2. The van der Waals surface area contributed by atoms with E-state index in [-0.39, 0.29) is 5.91 Å². The van der Waals surface area contributed by atoms with Crippen LogP contribution < -0.4 is 20.7 Å². The highest BCUT2D eigenvalue weighted by Crippen LogP contribution is 2.28. The quantitative estimate of drug-likeness (QED) is 0.801. The van der Waals surface area contributed by atoms with Gasteiger partial charge in [0.1, 0.15) is 11.6 Å². The second-order valence-electron chi connectivity index (χ2n) is 5.97. The lowest BCUT2D eigenvalue weighted by molar-refractivity contribution is 0.0948. The van der Waals surface area contributed by atoms with Crippen molar-refractivity contribution in [3.05, 3.63) is 46.6 Å². The number of benzene rings is 1. The molecule has 25 heavy (non-hydrogen) atoms. The number of halogens is 1. The fourth-order valence-corrected chi connectivity index (χ4v) is 3.05. The first kappa shape index (κ1) is 17.4. The van der Waals surface area contributed by atoms with Crippen molar-refractivity contribution < 1.29 is 9.53 Å². The maximum Gasteiger partial charge on any atom is 0.255 e. The van der Waals surface area contributed by atoms with Crippen molar-refractivity contribution >= 4 is 29.0 Å². The Kier molecular flexibility index (Phi) is 5.28. The van der Waals surface area contributed by atoms with E-state index < -0.39 is 0 Å². The molecule has 3 N–H and O–H groups in total. The number of ether oxygens (including phenoxy) is 1. The maximum atomic E-state index is 12.5. The van der Waals surface area contributed by atoms with Crippen LogP contribution in [0.3, 0.4) is 0 Å². The highest BCUT2D eigenvalue weighted by molar-refractivity contribution is 6.33. The highest BCUT2D eigenvalue weighted by atomic mass is 35.5. The Labute approximate surface area is 151 Å².